The van der Waals surface area contributed by atoms with Gasteiger partial charge in [0.2, 0.25) is 0 Å². The van der Waals surface area contributed by atoms with Crippen LogP contribution in [0.5, 0.6) is 17.2 Å². The van der Waals surface area contributed by atoms with Crippen LogP contribution in [0, 0.1) is 6.92 Å². The smallest absolute Gasteiger partial charge is 0.259 e. The molecule has 0 aromatic heterocycles. The second-order valence-corrected chi connectivity index (χ2v) is 6.56. The van der Waals surface area contributed by atoms with Gasteiger partial charge in [0.25, 0.3) is 5.91 Å². The highest BCUT2D eigenvalue weighted by Crippen LogP contribution is 2.35. The summed E-state index contributed by atoms with van der Waals surface area (Å²) in [5.41, 5.74) is 3.51. The minimum Gasteiger partial charge on any atom is -0.496 e. The molecule has 0 bridgehead atoms. The number of carbonyl (C=O) groups excluding carboxylic acids is 1. The predicted octanol–water partition coefficient (Wildman–Crippen LogP) is 3.87. The van der Waals surface area contributed by atoms with Gasteiger partial charge in [0.1, 0.15) is 5.75 Å². The Morgan fingerprint density at radius 2 is 1.56 bits per heavy atom. The lowest BCUT2D eigenvalue weighted by molar-refractivity contribution is 0.102. The molecule has 0 spiro atoms. The van der Waals surface area contributed by atoms with E-state index in [0.29, 0.717) is 22.8 Å². The molecule has 0 aliphatic carbocycles. The monoisotopic (exact) mass is 370 g/mol. The Hall–Kier alpha value is -2.89. The van der Waals surface area contributed by atoms with Crippen LogP contribution in [0.1, 0.15) is 28.8 Å². The zero-order valence-corrected chi connectivity index (χ0v) is 16.3. The SMILES string of the molecule is COc1cc(OC)c(C(=O)Nc2ccc(N3CCCC3)c(C)c2)cc1OC. The Morgan fingerprint density at radius 1 is 0.926 bits per heavy atom. The molecule has 0 atom stereocenters. The Labute approximate surface area is 160 Å². The van der Waals surface area contributed by atoms with E-state index in [1.807, 2.05) is 12.1 Å². The van der Waals surface area contributed by atoms with Crippen LogP contribution in [-0.4, -0.2) is 40.3 Å². The molecule has 0 unspecified atom stereocenters. The maximum absolute atomic E-state index is 12.8. The molecular formula is C21H26N2O4. The number of aryl methyl sites for hydroxylation is 1. The Bertz CT molecular complexity index is 829. The largest absolute Gasteiger partial charge is 0.496 e. The van der Waals surface area contributed by atoms with Crippen molar-refractivity contribution in [2.75, 3.05) is 44.6 Å². The van der Waals surface area contributed by atoms with E-state index in [2.05, 4.69) is 23.2 Å². The summed E-state index contributed by atoms with van der Waals surface area (Å²) in [7, 11) is 4.60. The molecule has 0 saturated carbocycles. The molecule has 1 saturated heterocycles. The van der Waals surface area contributed by atoms with Crippen LogP contribution in [0.25, 0.3) is 0 Å². The second-order valence-electron chi connectivity index (χ2n) is 6.56. The summed E-state index contributed by atoms with van der Waals surface area (Å²) in [5.74, 6) is 1.15. The second kappa shape index (κ2) is 8.20. The lowest BCUT2D eigenvalue weighted by atomic mass is 10.1. The number of anilines is 2. The topological polar surface area (TPSA) is 60.0 Å². The summed E-state index contributed by atoms with van der Waals surface area (Å²) >= 11 is 0. The van der Waals surface area contributed by atoms with E-state index in [1.54, 1.807) is 19.2 Å². The number of ether oxygens (including phenoxy) is 3. The number of nitrogens with zero attached hydrogens (tertiary/aromatic N) is 1. The van der Waals surface area contributed by atoms with E-state index in [1.165, 1.54) is 32.7 Å². The van der Waals surface area contributed by atoms with Gasteiger partial charge in [-0.3, -0.25) is 4.79 Å². The standard InChI is InChI=1S/C21H26N2O4/c1-14-11-15(7-8-17(14)23-9-5-6-10-23)22-21(24)16-12-19(26-3)20(27-4)13-18(16)25-2/h7-8,11-13H,5-6,9-10H2,1-4H3,(H,22,24). The fourth-order valence-corrected chi connectivity index (χ4v) is 3.45. The highest BCUT2D eigenvalue weighted by Gasteiger charge is 2.19. The van der Waals surface area contributed by atoms with Crippen LogP contribution < -0.4 is 24.4 Å². The van der Waals surface area contributed by atoms with Crippen molar-refractivity contribution in [3.05, 3.63) is 41.5 Å². The van der Waals surface area contributed by atoms with Crippen LogP contribution >= 0.6 is 0 Å². The molecule has 2 aromatic rings. The number of rotatable bonds is 6. The van der Waals surface area contributed by atoms with E-state index < -0.39 is 0 Å². The lowest BCUT2D eigenvalue weighted by Crippen LogP contribution is -2.19. The van der Waals surface area contributed by atoms with Gasteiger partial charge in [-0.2, -0.15) is 0 Å². The molecule has 1 heterocycles. The van der Waals surface area contributed by atoms with Crippen molar-refractivity contribution < 1.29 is 19.0 Å². The molecule has 0 radical (unpaired) electrons. The van der Waals surface area contributed by atoms with Crippen molar-refractivity contribution in [3.63, 3.8) is 0 Å². The fraction of sp³-hybridized carbons (Fsp3) is 0.381. The van der Waals surface area contributed by atoms with Gasteiger partial charge in [-0.25, -0.2) is 0 Å². The van der Waals surface area contributed by atoms with E-state index in [4.69, 9.17) is 14.2 Å². The van der Waals surface area contributed by atoms with Crippen molar-refractivity contribution in [2.45, 2.75) is 19.8 Å². The average Bonchev–Trinajstić information content (AvgIpc) is 3.21. The van der Waals surface area contributed by atoms with Crippen molar-refractivity contribution in [2.24, 2.45) is 0 Å². The Morgan fingerprint density at radius 3 is 2.15 bits per heavy atom. The van der Waals surface area contributed by atoms with Gasteiger partial charge in [0.05, 0.1) is 26.9 Å². The predicted molar refractivity (Wildman–Crippen MR) is 107 cm³/mol. The van der Waals surface area contributed by atoms with E-state index in [-0.39, 0.29) is 5.91 Å². The van der Waals surface area contributed by atoms with Crippen molar-refractivity contribution >= 4 is 17.3 Å². The molecule has 6 heteroatoms. The molecular weight excluding hydrogens is 344 g/mol. The van der Waals surface area contributed by atoms with Crippen molar-refractivity contribution in [1.82, 2.24) is 0 Å². The van der Waals surface area contributed by atoms with Gasteiger partial charge < -0.3 is 24.4 Å². The van der Waals surface area contributed by atoms with Crippen LogP contribution in [0.15, 0.2) is 30.3 Å². The zero-order valence-electron chi connectivity index (χ0n) is 16.3. The number of nitrogens with one attached hydrogen (secondary N) is 1. The molecule has 6 nitrogen and oxygen atoms in total. The first kappa shape index (κ1) is 18.9. The van der Waals surface area contributed by atoms with Gasteiger partial charge in [0.15, 0.2) is 11.5 Å². The number of amides is 1. The molecule has 144 valence electrons. The molecule has 1 N–H and O–H groups in total. The highest BCUT2D eigenvalue weighted by atomic mass is 16.5. The summed E-state index contributed by atoms with van der Waals surface area (Å²) in [4.78, 5) is 15.2. The third-order valence-corrected chi connectivity index (χ3v) is 4.85. The number of carbonyl (C=O) groups is 1. The lowest BCUT2D eigenvalue weighted by Gasteiger charge is -2.21. The normalized spacial score (nSPS) is 13.4. The van der Waals surface area contributed by atoms with Crippen LogP contribution in [0.2, 0.25) is 0 Å². The summed E-state index contributed by atoms with van der Waals surface area (Å²) in [6.45, 7) is 4.26. The number of benzene rings is 2. The molecule has 1 aliphatic heterocycles. The first-order chi connectivity index (χ1) is 13.1. The molecule has 1 fully saturated rings. The fourth-order valence-electron chi connectivity index (χ4n) is 3.45. The van der Waals surface area contributed by atoms with E-state index in [0.717, 1.165) is 24.3 Å². The van der Waals surface area contributed by atoms with Gasteiger partial charge in [-0.05, 0) is 43.5 Å². The van der Waals surface area contributed by atoms with Crippen LogP contribution in [0.3, 0.4) is 0 Å². The minimum atomic E-state index is -0.263. The number of methoxy groups -OCH3 is 3. The van der Waals surface area contributed by atoms with Crippen LogP contribution in [-0.2, 0) is 0 Å². The first-order valence-corrected chi connectivity index (χ1v) is 9.04. The minimum absolute atomic E-state index is 0.263. The first-order valence-electron chi connectivity index (χ1n) is 9.04. The summed E-state index contributed by atoms with van der Waals surface area (Å²) in [5, 5.41) is 2.95. The van der Waals surface area contributed by atoms with Crippen molar-refractivity contribution in [3.8, 4) is 17.2 Å². The van der Waals surface area contributed by atoms with E-state index in [9.17, 15) is 4.79 Å². The number of hydrogen-bond acceptors (Lipinski definition) is 5. The molecule has 2 aromatic carbocycles. The highest BCUT2D eigenvalue weighted by molar-refractivity contribution is 6.06. The quantitative estimate of drug-likeness (QED) is 0.836. The molecule has 27 heavy (non-hydrogen) atoms. The van der Waals surface area contributed by atoms with Crippen LogP contribution in [0.4, 0.5) is 11.4 Å². The third kappa shape index (κ3) is 3.94. The van der Waals surface area contributed by atoms with Crippen molar-refractivity contribution in [1.29, 1.82) is 0 Å². The summed E-state index contributed by atoms with van der Waals surface area (Å²) < 4.78 is 15.9. The van der Waals surface area contributed by atoms with Gasteiger partial charge in [0, 0.05) is 36.6 Å². The Balaban J connectivity index is 1.83. The Kier molecular flexibility index (Phi) is 5.74. The van der Waals surface area contributed by atoms with Gasteiger partial charge in [-0.1, -0.05) is 0 Å². The summed E-state index contributed by atoms with van der Waals surface area (Å²) in [6, 6.07) is 9.28. The zero-order chi connectivity index (χ0) is 19.4. The number of hydrogen-bond donors (Lipinski definition) is 1. The van der Waals surface area contributed by atoms with E-state index >= 15 is 0 Å². The molecule has 1 amide bonds. The van der Waals surface area contributed by atoms with Gasteiger partial charge >= 0.3 is 0 Å². The molecule has 1 aliphatic rings. The maximum atomic E-state index is 12.8. The average molecular weight is 370 g/mol. The summed E-state index contributed by atoms with van der Waals surface area (Å²) in [6.07, 6.45) is 2.47. The molecule has 3 rings (SSSR count). The third-order valence-electron chi connectivity index (χ3n) is 4.85. The van der Waals surface area contributed by atoms with Gasteiger partial charge in [-0.15, -0.1) is 0 Å². The maximum Gasteiger partial charge on any atom is 0.259 e.